The molecule has 0 aliphatic rings. The first-order chi connectivity index (χ1) is 8.81. The first-order valence-electron chi connectivity index (χ1n) is 6.33. The van der Waals surface area contributed by atoms with Gasteiger partial charge in [-0.25, -0.2) is 0 Å². The van der Waals surface area contributed by atoms with Gasteiger partial charge in [-0.3, -0.25) is 0 Å². The first-order valence-corrected chi connectivity index (χ1v) is 6.33. The summed E-state index contributed by atoms with van der Waals surface area (Å²) in [6, 6.07) is 10.2. The third-order valence-corrected chi connectivity index (χ3v) is 2.97. The minimum absolute atomic E-state index is 0.150. The normalized spacial score (nSPS) is 12.6. The molecule has 0 spiro atoms. The molecule has 4 nitrogen and oxygen atoms in total. The maximum atomic E-state index is 5.70. The van der Waals surface area contributed by atoms with E-state index in [1.165, 1.54) is 5.56 Å². The third kappa shape index (κ3) is 3.17. The SMILES string of the molecule is CNCCCc1nnc(C(C)c2ccccc2)o1. The van der Waals surface area contributed by atoms with E-state index in [2.05, 4.69) is 34.6 Å². The zero-order valence-corrected chi connectivity index (χ0v) is 10.9. The van der Waals surface area contributed by atoms with Gasteiger partial charge in [0, 0.05) is 6.42 Å². The lowest BCUT2D eigenvalue weighted by molar-refractivity contribution is 0.433. The van der Waals surface area contributed by atoms with Gasteiger partial charge in [-0.05, 0) is 32.5 Å². The van der Waals surface area contributed by atoms with Gasteiger partial charge in [0.2, 0.25) is 11.8 Å². The van der Waals surface area contributed by atoms with Gasteiger partial charge in [-0.2, -0.15) is 0 Å². The van der Waals surface area contributed by atoms with Crippen molar-refractivity contribution in [3.63, 3.8) is 0 Å². The molecule has 0 aliphatic heterocycles. The number of rotatable bonds is 6. The number of hydrogen-bond donors (Lipinski definition) is 1. The maximum Gasteiger partial charge on any atom is 0.223 e. The largest absolute Gasteiger partial charge is 0.425 e. The van der Waals surface area contributed by atoms with Crippen molar-refractivity contribution < 1.29 is 4.42 Å². The van der Waals surface area contributed by atoms with Crippen LogP contribution in [0.1, 0.15) is 36.6 Å². The molecule has 0 aliphatic carbocycles. The second kappa shape index (κ2) is 6.31. The molecular weight excluding hydrogens is 226 g/mol. The minimum atomic E-state index is 0.150. The van der Waals surface area contributed by atoms with Gasteiger partial charge >= 0.3 is 0 Å². The molecule has 1 atom stereocenters. The van der Waals surface area contributed by atoms with Gasteiger partial charge in [0.15, 0.2) is 0 Å². The molecule has 0 saturated heterocycles. The Hall–Kier alpha value is -1.68. The maximum absolute atomic E-state index is 5.70. The van der Waals surface area contributed by atoms with Gasteiger partial charge in [-0.1, -0.05) is 30.3 Å². The van der Waals surface area contributed by atoms with Gasteiger partial charge in [0.1, 0.15) is 0 Å². The molecule has 2 aromatic rings. The van der Waals surface area contributed by atoms with Crippen LogP contribution >= 0.6 is 0 Å². The van der Waals surface area contributed by atoms with Crippen LogP contribution < -0.4 is 5.32 Å². The van der Waals surface area contributed by atoms with Crippen LogP contribution in [-0.4, -0.2) is 23.8 Å². The third-order valence-electron chi connectivity index (χ3n) is 2.97. The number of aryl methyl sites for hydroxylation is 1. The van der Waals surface area contributed by atoms with Crippen molar-refractivity contribution in [3.05, 3.63) is 47.7 Å². The molecule has 0 radical (unpaired) electrons. The predicted molar refractivity (Wildman–Crippen MR) is 70.5 cm³/mol. The van der Waals surface area contributed by atoms with Crippen molar-refractivity contribution in [1.82, 2.24) is 15.5 Å². The molecular formula is C14H19N3O. The van der Waals surface area contributed by atoms with Crippen LogP contribution in [0.4, 0.5) is 0 Å². The minimum Gasteiger partial charge on any atom is -0.425 e. The highest BCUT2D eigenvalue weighted by molar-refractivity contribution is 5.23. The van der Waals surface area contributed by atoms with E-state index in [0.29, 0.717) is 5.89 Å². The van der Waals surface area contributed by atoms with Crippen molar-refractivity contribution in [2.75, 3.05) is 13.6 Å². The smallest absolute Gasteiger partial charge is 0.223 e. The van der Waals surface area contributed by atoms with Crippen LogP contribution in [0, 0.1) is 0 Å². The highest BCUT2D eigenvalue weighted by atomic mass is 16.4. The average Bonchev–Trinajstić information content (AvgIpc) is 2.88. The lowest BCUT2D eigenvalue weighted by Crippen LogP contribution is -2.08. The molecule has 1 unspecified atom stereocenters. The van der Waals surface area contributed by atoms with E-state index in [0.717, 1.165) is 25.3 Å². The molecule has 2 rings (SSSR count). The topological polar surface area (TPSA) is 51.0 Å². The van der Waals surface area contributed by atoms with E-state index < -0.39 is 0 Å². The fourth-order valence-electron chi connectivity index (χ4n) is 1.84. The van der Waals surface area contributed by atoms with E-state index in [1.54, 1.807) is 0 Å². The second-order valence-electron chi connectivity index (χ2n) is 4.37. The summed E-state index contributed by atoms with van der Waals surface area (Å²) < 4.78 is 5.70. The summed E-state index contributed by atoms with van der Waals surface area (Å²) in [5.74, 6) is 1.57. The Morgan fingerprint density at radius 1 is 1.22 bits per heavy atom. The Balaban J connectivity index is 2.01. The number of aromatic nitrogens is 2. The quantitative estimate of drug-likeness (QED) is 0.794. The predicted octanol–water partition coefficient (Wildman–Crippen LogP) is 2.37. The zero-order chi connectivity index (χ0) is 12.8. The second-order valence-corrected chi connectivity index (χ2v) is 4.37. The molecule has 96 valence electrons. The van der Waals surface area contributed by atoms with Crippen molar-refractivity contribution in [2.24, 2.45) is 0 Å². The summed E-state index contributed by atoms with van der Waals surface area (Å²) in [4.78, 5) is 0. The highest BCUT2D eigenvalue weighted by Crippen LogP contribution is 2.22. The molecule has 1 heterocycles. The molecule has 4 heteroatoms. The summed E-state index contributed by atoms with van der Waals surface area (Å²) in [5.41, 5.74) is 1.20. The van der Waals surface area contributed by atoms with Gasteiger partial charge in [-0.15, -0.1) is 10.2 Å². The molecule has 0 fully saturated rings. The van der Waals surface area contributed by atoms with Crippen molar-refractivity contribution in [3.8, 4) is 0 Å². The molecule has 18 heavy (non-hydrogen) atoms. The standard InChI is InChI=1S/C14H19N3O/c1-11(12-7-4-3-5-8-12)14-17-16-13(18-14)9-6-10-15-2/h3-5,7-8,11,15H,6,9-10H2,1-2H3. The van der Waals surface area contributed by atoms with Crippen LogP contribution in [0.2, 0.25) is 0 Å². The lowest BCUT2D eigenvalue weighted by atomic mass is 10.0. The highest BCUT2D eigenvalue weighted by Gasteiger charge is 2.15. The number of nitrogens with one attached hydrogen (secondary N) is 1. The van der Waals surface area contributed by atoms with Crippen LogP contribution in [0.25, 0.3) is 0 Å². The number of hydrogen-bond acceptors (Lipinski definition) is 4. The summed E-state index contributed by atoms with van der Waals surface area (Å²) in [6.07, 6.45) is 1.84. The summed E-state index contributed by atoms with van der Waals surface area (Å²) in [7, 11) is 1.94. The van der Waals surface area contributed by atoms with E-state index in [1.807, 2.05) is 25.2 Å². The Bertz CT molecular complexity index is 467. The fourth-order valence-corrected chi connectivity index (χ4v) is 1.84. The summed E-state index contributed by atoms with van der Waals surface area (Å²) in [5, 5.41) is 11.3. The Morgan fingerprint density at radius 2 is 2.00 bits per heavy atom. The van der Waals surface area contributed by atoms with Crippen LogP contribution in [0.3, 0.4) is 0 Å². The van der Waals surface area contributed by atoms with E-state index >= 15 is 0 Å². The number of benzene rings is 1. The van der Waals surface area contributed by atoms with E-state index in [4.69, 9.17) is 4.42 Å². The van der Waals surface area contributed by atoms with Crippen LogP contribution in [-0.2, 0) is 6.42 Å². The molecule has 0 amide bonds. The lowest BCUT2D eigenvalue weighted by Gasteiger charge is -2.05. The van der Waals surface area contributed by atoms with Crippen LogP contribution in [0.5, 0.6) is 0 Å². The van der Waals surface area contributed by atoms with Gasteiger partial charge in [0.05, 0.1) is 5.92 Å². The van der Waals surface area contributed by atoms with Gasteiger partial charge in [0.25, 0.3) is 0 Å². The van der Waals surface area contributed by atoms with E-state index in [9.17, 15) is 0 Å². The van der Waals surface area contributed by atoms with E-state index in [-0.39, 0.29) is 5.92 Å². The van der Waals surface area contributed by atoms with Crippen molar-refractivity contribution in [2.45, 2.75) is 25.7 Å². The van der Waals surface area contributed by atoms with Crippen LogP contribution in [0.15, 0.2) is 34.7 Å². The van der Waals surface area contributed by atoms with Crippen molar-refractivity contribution >= 4 is 0 Å². The Labute approximate surface area is 107 Å². The average molecular weight is 245 g/mol. The molecule has 0 bridgehead atoms. The monoisotopic (exact) mass is 245 g/mol. The molecule has 1 N–H and O–H groups in total. The first kappa shape index (κ1) is 12.8. The Morgan fingerprint density at radius 3 is 2.72 bits per heavy atom. The fraction of sp³-hybridized carbons (Fsp3) is 0.429. The molecule has 1 aromatic heterocycles. The van der Waals surface area contributed by atoms with Gasteiger partial charge < -0.3 is 9.73 Å². The molecule has 0 saturated carbocycles. The Kier molecular flexibility index (Phi) is 4.47. The summed E-state index contributed by atoms with van der Waals surface area (Å²) in [6.45, 7) is 3.05. The molecule has 1 aromatic carbocycles. The van der Waals surface area contributed by atoms with Crippen molar-refractivity contribution in [1.29, 1.82) is 0 Å². The summed E-state index contributed by atoms with van der Waals surface area (Å²) >= 11 is 0. The zero-order valence-electron chi connectivity index (χ0n) is 10.9. The number of nitrogens with zero attached hydrogens (tertiary/aromatic N) is 2.